The standard InChI is InChI=1S/C12H13F3N2O2/c1-16-11(19)6-17(2)10-4-3-8(7-18)5-9(10)12(13,14)15/h3-5,7H,6H2,1-2H3,(H,16,19). The number of benzene rings is 1. The molecule has 1 rings (SSSR count). The van der Waals surface area contributed by atoms with Gasteiger partial charge in [-0.3, -0.25) is 9.59 Å². The molecule has 4 nitrogen and oxygen atoms in total. The lowest BCUT2D eigenvalue weighted by Gasteiger charge is -2.23. The highest BCUT2D eigenvalue weighted by molar-refractivity contribution is 5.82. The van der Waals surface area contributed by atoms with Gasteiger partial charge in [0.05, 0.1) is 12.1 Å². The third-order valence-electron chi connectivity index (χ3n) is 2.53. The molecule has 0 aliphatic rings. The Morgan fingerprint density at radius 2 is 2.05 bits per heavy atom. The van der Waals surface area contributed by atoms with Gasteiger partial charge in [0.1, 0.15) is 6.29 Å². The van der Waals surface area contributed by atoms with E-state index >= 15 is 0 Å². The van der Waals surface area contributed by atoms with E-state index in [0.717, 1.165) is 6.07 Å². The molecular formula is C12H13F3N2O2. The number of nitrogens with one attached hydrogen (secondary N) is 1. The first-order valence-corrected chi connectivity index (χ1v) is 5.37. The number of aldehydes is 1. The van der Waals surface area contributed by atoms with Crippen LogP contribution in [0.1, 0.15) is 15.9 Å². The van der Waals surface area contributed by atoms with E-state index in [9.17, 15) is 22.8 Å². The maximum absolute atomic E-state index is 12.9. The number of hydrogen-bond donors (Lipinski definition) is 1. The molecule has 0 saturated heterocycles. The molecule has 0 spiro atoms. The van der Waals surface area contributed by atoms with Crippen molar-refractivity contribution in [3.8, 4) is 0 Å². The normalized spacial score (nSPS) is 11.0. The molecule has 0 fully saturated rings. The van der Waals surface area contributed by atoms with E-state index < -0.39 is 17.6 Å². The molecule has 1 aromatic rings. The monoisotopic (exact) mass is 274 g/mol. The van der Waals surface area contributed by atoms with Crippen molar-refractivity contribution in [1.29, 1.82) is 0 Å². The highest BCUT2D eigenvalue weighted by Gasteiger charge is 2.34. The summed E-state index contributed by atoms with van der Waals surface area (Å²) in [6.45, 7) is -0.208. The fourth-order valence-corrected chi connectivity index (χ4v) is 1.57. The number of anilines is 1. The first-order chi connectivity index (χ1) is 8.79. The summed E-state index contributed by atoms with van der Waals surface area (Å²) in [4.78, 5) is 22.9. The SMILES string of the molecule is CNC(=O)CN(C)c1ccc(C=O)cc1C(F)(F)F. The number of amides is 1. The molecule has 0 heterocycles. The van der Waals surface area contributed by atoms with E-state index in [0.29, 0.717) is 6.29 Å². The van der Waals surface area contributed by atoms with Crippen molar-refractivity contribution in [2.45, 2.75) is 6.18 Å². The molecule has 1 aromatic carbocycles. The van der Waals surface area contributed by atoms with Crippen molar-refractivity contribution in [2.24, 2.45) is 0 Å². The largest absolute Gasteiger partial charge is 0.418 e. The van der Waals surface area contributed by atoms with Crippen LogP contribution >= 0.6 is 0 Å². The molecular weight excluding hydrogens is 261 g/mol. The number of nitrogens with zero attached hydrogens (tertiary/aromatic N) is 1. The van der Waals surface area contributed by atoms with Crippen LogP contribution in [0.3, 0.4) is 0 Å². The molecule has 0 aliphatic heterocycles. The summed E-state index contributed by atoms with van der Waals surface area (Å²) in [7, 11) is 2.77. The second-order valence-corrected chi connectivity index (χ2v) is 3.92. The van der Waals surface area contributed by atoms with Gasteiger partial charge >= 0.3 is 6.18 Å². The Bertz CT molecular complexity index is 486. The maximum atomic E-state index is 12.9. The molecule has 0 aliphatic carbocycles. The number of halogens is 3. The minimum atomic E-state index is -4.59. The highest BCUT2D eigenvalue weighted by Crippen LogP contribution is 2.36. The average molecular weight is 274 g/mol. The van der Waals surface area contributed by atoms with E-state index in [1.54, 1.807) is 0 Å². The van der Waals surface area contributed by atoms with Crippen LogP contribution in [-0.2, 0) is 11.0 Å². The predicted molar refractivity (Wildman–Crippen MR) is 64.2 cm³/mol. The second-order valence-electron chi connectivity index (χ2n) is 3.92. The summed E-state index contributed by atoms with van der Waals surface area (Å²) in [5.41, 5.74) is -1.16. The van der Waals surface area contributed by atoms with Crippen LogP contribution in [0.2, 0.25) is 0 Å². The van der Waals surface area contributed by atoms with Crippen LogP contribution in [0, 0.1) is 0 Å². The molecule has 19 heavy (non-hydrogen) atoms. The molecule has 0 aromatic heterocycles. The molecule has 1 amide bonds. The Morgan fingerprint density at radius 1 is 1.42 bits per heavy atom. The van der Waals surface area contributed by atoms with Gasteiger partial charge in [0.2, 0.25) is 5.91 Å². The number of likely N-dealkylation sites (N-methyl/N-ethyl adjacent to an activating group) is 2. The van der Waals surface area contributed by atoms with Gasteiger partial charge in [0.15, 0.2) is 0 Å². The third-order valence-corrected chi connectivity index (χ3v) is 2.53. The van der Waals surface area contributed by atoms with Gasteiger partial charge in [-0.15, -0.1) is 0 Å². The Labute approximate surface area is 108 Å². The van der Waals surface area contributed by atoms with Gasteiger partial charge in [-0.2, -0.15) is 13.2 Å². The zero-order valence-corrected chi connectivity index (χ0v) is 10.4. The Balaban J connectivity index is 3.19. The molecule has 7 heteroatoms. The van der Waals surface area contributed by atoms with Crippen LogP contribution < -0.4 is 10.2 Å². The number of carbonyl (C=O) groups excluding carboxylic acids is 2. The van der Waals surface area contributed by atoms with Gasteiger partial charge in [-0.1, -0.05) is 0 Å². The summed E-state index contributed by atoms with van der Waals surface area (Å²) in [6.07, 6.45) is -4.25. The number of hydrogen-bond acceptors (Lipinski definition) is 3. The Morgan fingerprint density at radius 3 is 2.53 bits per heavy atom. The van der Waals surface area contributed by atoms with Gasteiger partial charge < -0.3 is 10.2 Å². The molecule has 0 radical (unpaired) electrons. The smallest absolute Gasteiger partial charge is 0.365 e. The summed E-state index contributed by atoms with van der Waals surface area (Å²) in [5, 5.41) is 2.33. The lowest BCUT2D eigenvalue weighted by Crippen LogP contribution is -2.34. The fraction of sp³-hybridized carbons (Fsp3) is 0.333. The van der Waals surface area contributed by atoms with Gasteiger partial charge in [0, 0.05) is 25.3 Å². The van der Waals surface area contributed by atoms with Gasteiger partial charge in [-0.05, 0) is 18.2 Å². The van der Waals surface area contributed by atoms with Crippen molar-refractivity contribution in [2.75, 3.05) is 25.5 Å². The van der Waals surface area contributed by atoms with Crippen LogP contribution in [0.4, 0.5) is 18.9 Å². The summed E-state index contributed by atoms with van der Waals surface area (Å²) in [5.74, 6) is -0.407. The van der Waals surface area contributed by atoms with Crippen molar-refractivity contribution in [1.82, 2.24) is 5.32 Å². The minimum Gasteiger partial charge on any atom is -0.365 e. The predicted octanol–water partition coefficient (Wildman–Crippen LogP) is 1.70. The van der Waals surface area contributed by atoms with Crippen LogP contribution in [0.5, 0.6) is 0 Å². The van der Waals surface area contributed by atoms with Crippen LogP contribution in [0.25, 0.3) is 0 Å². The summed E-state index contributed by atoms with van der Waals surface area (Å²) >= 11 is 0. The topological polar surface area (TPSA) is 49.4 Å². The first kappa shape index (κ1) is 15.0. The number of carbonyl (C=O) groups is 2. The summed E-state index contributed by atoms with van der Waals surface area (Å²) in [6, 6.07) is 3.22. The van der Waals surface area contributed by atoms with Crippen molar-refractivity contribution < 1.29 is 22.8 Å². The van der Waals surface area contributed by atoms with E-state index in [1.165, 1.54) is 31.1 Å². The fourth-order valence-electron chi connectivity index (χ4n) is 1.57. The minimum absolute atomic E-state index is 0.0654. The average Bonchev–Trinajstić information content (AvgIpc) is 2.36. The molecule has 104 valence electrons. The van der Waals surface area contributed by atoms with Crippen molar-refractivity contribution in [3.63, 3.8) is 0 Å². The molecule has 0 atom stereocenters. The quantitative estimate of drug-likeness (QED) is 0.850. The molecule has 0 saturated carbocycles. The Kier molecular flexibility index (Phi) is 4.52. The van der Waals surface area contributed by atoms with E-state index in [-0.39, 0.29) is 17.8 Å². The number of rotatable bonds is 4. The van der Waals surface area contributed by atoms with Crippen LogP contribution in [0.15, 0.2) is 18.2 Å². The maximum Gasteiger partial charge on any atom is 0.418 e. The van der Waals surface area contributed by atoms with Gasteiger partial charge in [0.25, 0.3) is 0 Å². The molecule has 0 bridgehead atoms. The van der Waals surface area contributed by atoms with E-state index in [2.05, 4.69) is 5.32 Å². The summed E-state index contributed by atoms with van der Waals surface area (Å²) < 4.78 is 38.7. The Hall–Kier alpha value is -2.05. The van der Waals surface area contributed by atoms with Crippen molar-refractivity contribution in [3.05, 3.63) is 29.3 Å². The van der Waals surface area contributed by atoms with Crippen LogP contribution in [-0.4, -0.2) is 32.8 Å². The first-order valence-electron chi connectivity index (χ1n) is 5.37. The molecule has 0 unspecified atom stereocenters. The zero-order valence-electron chi connectivity index (χ0n) is 10.4. The highest BCUT2D eigenvalue weighted by atomic mass is 19.4. The van der Waals surface area contributed by atoms with Gasteiger partial charge in [-0.25, -0.2) is 0 Å². The van der Waals surface area contributed by atoms with Crippen molar-refractivity contribution >= 4 is 17.9 Å². The lowest BCUT2D eigenvalue weighted by molar-refractivity contribution is -0.137. The molecule has 1 N–H and O–H groups in total. The number of alkyl halides is 3. The van der Waals surface area contributed by atoms with E-state index in [1.807, 2.05) is 0 Å². The lowest BCUT2D eigenvalue weighted by atomic mass is 10.1. The third kappa shape index (κ3) is 3.70. The second kappa shape index (κ2) is 5.73. The van der Waals surface area contributed by atoms with E-state index in [4.69, 9.17) is 0 Å². The zero-order chi connectivity index (χ0) is 14.6.